The van der Waals surface area contributed by atoms with Gasteiger partial charge in [0, 0.05) is 6.04 Å². The molecule has 2 heteroatoms. The normalized spacial score (nSPS) is 26.6. The van der Waals surface area contributed by atoms with Gasteiger partial charge >= 0.3 is 0 Å². The Kier molecular flexibility index (Phi) is 4.63. The van der Waals surface area contributed by atoms with Crippen LogP contribution in [0, 0.1) is 25.6 Å². The Morgan fingerprint density at radius 2 is 1.81 bits per heavy atom. The van der Waals surface area contributed by atoms with E-state index in [1.807, 2.05) is 6.92 Å². The second kappa shape index (κ2) is 6.48. The molecule has 0 aromatic heterocycles. The minimum absolute atomic E-state index is 0.0239. The van der Waals surface area contributed by atoms with Crippen molar-refractivity contribution < 1.29 is 4.39 Å². The first-order chi connectivity index (χ1) is 10.1. The summed E-state index contributed by atoms with van der Waals surface area (Å²) in [5, 5.41) is 3.68. The first-order valence-electron chi connectivity index (χ1n) is 8.65. The largest absolute Gasteiger partial charge is 0.314 e. The van der Waals surface area contributed by atoms with Gasteiger partial charge < -0.3 is 5.32 Å². The van der Waals surface area contributed by atoms with Crippen LogP contribution in [0.4, 0.5) is 4.39 Å². The van der Waals surface area contributed by atoms with E-state index in [-0.39, 0.29) is 5.82 Å². The molecule has 1 nitrogen and oxygen atoms in total. The van der Waals surface area contributed by atoms with Gasteiger partial charge in [-0.25, -0.2) is 4.39 Å². The molecule has 2 aliphatic carbocycles. The molecule has 1 aromatic rings. The molecule has 3 rings (SSSR count). The van der Waals surface area contributed by atoms with E-state index in [0.29, 0.717) is 11.8 Å². The summed E-state index contributed by atoms with van der Waals surface area (Å²) in [5.74, 6) is 1.03. The first-order valence-corrected chi connectivity index (χ1v) is 8.65. The summed E-state index contributed by atoms with van der Waals surface area (Å²) in [7, 11) is 0. The number of halogens is 1. The van der Waals surface area contributed by atoms with E-state index in [9.17, 15) is 4.39 Å². The van der Waals surface area contributed by atoms with Gasteiger partial charge in [0.05, 0.1) is 0 Å². The third-order valence-electron chi connectivity index (χ3n) is 5.26. The topological polar surface area (TPSA) is 12.0 Å². The molecule has 2 fully saturated rings. The molecule has 1 aromatic carbocycles. The van der Waals surface area contributed by atoms with E-state index in [0.717, 1.165) is 35.7 Å². The molecule has 21 heavy (non-hydrogen) atoms. The molecule has 0 radical (unpaired) electrons. The zero-order chi connectivity index (χ0) is 14.8. The molecule has 0 amide bonds. The maximum atomic E-state index is 14.6. The lowest BCUT2D eigenvalue weighted by Gasteiger charge is -2.28. The predicted octanol–water partition coefficient (Wildman–Crippen LogP) is 4.86. The van der Waals surface area contributed by atoms with Crippen LogP contribution >= 0.6 is 0 Å². The standard InChI is InChI=1S/C19H28FN/c1-13-10-14(2)19(18(20)11-13)17-7-5-3-4-6-15(17)12-21-16-8-9-16/h10-11,15-17,21H,3-9,12H2,1-2H3. The van der Waals surface area contributed by atoms with Crippen molar-refractivity contribution in [1.82, 2.24) is 5.32 Å². The number of hydrogen-bond donors (Lipinski definition) is 1. The molecule has 116 valence electrons. The van der Waals surface area contributed by atoms with E-state index < -0.39 is 0 Å². The molecule has 0 spiro atoms. The number of benzene rings is 1. The molecule has 2 saturated carbocycles. The Bertz CT molecular complexity index is 469. The predicted molar refractivity (Wildman–Crippen MR) is 86.2 cm³/mol. The fraction of sp³-hybridized carbons (Fsp3) is 0.684. The highest BCUT2D eigenvalue weighted by Gasteiger charge is 2.30. The average molecular weight is 289 g/mol. The highest BCUT2D eigenvalue weighted by Crippen LogP contribution is 2.39. The van der Waals surface area contributed by atoms with Crippen molar-refractivity contribution >= 4 is 0 Å². The van der Waals surface area contributed by atoms with Crippen molar-refractivity contribution in [3.8, 4) is 0 Å². The van der Waals surface area contributed by atoms with Gasteiger partial charge in [0.2, 0.25) is 0 Å². The molecule has 0 heterocycles. The lowest BCUT2D eigenvalue weighted by atomic mass is 9.80. The van der Waals surface area contributed by atoms with Gasteiger partial charge in [-0.05, 0) is 80.7 Å². The van der Waals surface area contributed by atoms with E-state index in [1.54, 1.807) is 6.07 Å². The quantitative estimate of drug-likeness (QED) is 0.781. The van der Waals surface area contributed by atoms with Crippen LogP contribution in [0.3, 0.4) is 0 Å². The van der Waals surface area contributed by atoms with Crippen molar-refractivity contribution in [2.75, 3.05) is 6.54 Å². The number of nitrogens with one attached hydrogen (secondary N) is 1. The highest BCUT2D eigenvalue weighted by atomic mass is 19.1. The van der Waals surface area contributed by atoms with E-state index in [1.165, 1.54) is 38.5 Å². The van der Waals surface area contributed by atoms with Gasteiger partial charge in [-0.3, -0.25) is 0 Å². The van der Waals surface area contributed by atoms with Crippen LogP contribution in [-0.2, 0) is 0 Å². The Morgan fingerprint density at radius 1 is 1.05 bits per heavy atom. The summed E-state index contributed by atoms with van der Waals surface area (Å²) >= 11 is 0. The Labute approximate surface area is 128 Å². The molecule has 1 N–H and O–H groups in total. The van der Waals surface area contributed by atoms with Crippen LogP contribution in [0.1, 0.15) is 67.6 Å². The van der Waals surface area contributed by atoms with Gasteiger partial charge in [0.15, 0.2) is 0 Å². The monoisotopic (exact) mass is 289 g/mol. The molecule has 0 saturated heterocycles. The van der Waals surface area contributed by atoms with Crippen molar-refractivity contribution in [3.63, 3.8) is 0 Å². The maximum Gasteiger partial charge on any atom is 0.127 e. The van der Waals surface area contributed by atoms with Gasteiger partial charge in [-0.15, -0.1) is 0 Å². The van der Waals surface area contributed by atoms with Crippen molar-refractivity contribution in [3.05, 3.63) is 34.6 Å². The molecular weight excluding hydrogens is 261 g/mol. The molecular formula is C19H28FN. The SMILES string of the molecule is Cc1cc(C)c(C2CCCCCC2CNC2CC2)c(F)c1. The second-order valence-electron chi connectivity index (χ2n) is 7.16. The molecule has 0 aliphatic heterocycles. The number of aryl methyl sites for hydroxylation is 2. The smallest absolute Gasteiger partial charge is 0.127 e. The Morgan fingerprint density at radius 3 is 2.52 bits per heavy atom. The summed E-state index contributed by atoms with van der Waals surface area (Å²) in [5.41, 5.74) is 3.19. The highest BCUT2D eigenvalue weighted by molar-refractivity contribution is 5.35. The molecule has 2 atom stereocenters. The van der Waals surface area contributed by atoms with Crippen LogP contribution < -0.4 is 5.32 Å². The lowest BCUT2D eigenvalue weighted by molar-refractivity contribution is 0.364. The van der Waals surface area contributed by atoms with Gasteiger partial charge in [0.1, 0.15) is 5.82 Å². The fourth-order valence-electron chi connectivity index (χ4n) is 4.01. The van der Waals surface area contributed by atoms with Gasteiger partial charge in [-0.2, -0.15) is 0 Å². The number of rotatable bonds is 4. The van der Waals surface area contributed by atoms with E-state index in [2.05, 4.69) is 18.3 Å². The van der Waals surface area contributed by atoms with Crippen molar-refractivity contribution in [1.29, 1.82) is 0 Å². The van der Waals surface area contributed by atoms with Crippen LogP contribution in [0.25, 0.3) is 0 Å². The Hall–Kier alpha value is -0.890. The van der Waals surface area contributed by atoms with Gasteiger partial charge in [0.25, 0.3) is 0 Å². The Balaban J connectivity index is 1.84. The van der Waals surface area contributed by atoms with Crippen LogP contribution in [-0.4, -0.2) is 12.6 Å². The van der Waals surface area contributed by atoms with Gasteiger partial charge in [-0.1, -0.05) is 25.3 Å². The van der Waals surface area contributed by atoms with Crippen LogP contribution in [0.15, 0.2) is 12.1 Å². The molecule has 2 aliphatic rings. The van der Waals surface area contributed by atoms with Crippen molar-refractivity contribution in [2.24, 2.45) is 5.92 Å². The summed E-state index contributed by atoms with van der Waals surface area (Å²) in [6.45, 7) is 5.14. The zero-order valence-corrected chi connectivity index (χ0v) is 13.4. The van der Waals surface area contributed by atoms with E-state index >= 15 is 0 Å². The van der Waals surface area contributed by atoms with Crippen LogP contribution in [0.5, 0.6) is 0 Å². The fourth-order valence-corrected chi connectivity index (χ4v) is 4.01. The summed E-state index contributed by atoms with van der Waals surface area (Å²) in [4.78, 5) is 0. The third-order valence-corrected chi connectivity index (χ3v) is 5.26. The molecule has 2 unspecified atom stereocenters. The second-order valence-corrected chi connectivity index (χ2v) is 7.16. The number of hydrogen-bond acceptors (Lipinski definition) is 1. The zero-order valence-electron chi connectivity index (χ0n) is 13.4. The third kappa shape index (κ3) is 3.66. The van der Waals surface area contributed by atoms with Crippen LogP contribution in [0.2, 0.25) is 0 Å². The van der Waals surface area contributed by atoms with Crippen molar-refractivity contribution in [2.45, 2.75) is 70.8 Å². The minimum Gasteiger partial charge on any atom is -0.314 e. The minimum atomic E-state index is 0.0239. The molecule has 0 bridgehead atoms. The average Bonchev–Trinajstić information content (AvgIpc) is 3.22. The summed E-state index contributed by atoms with van der Waals surface area (Å²) < 4.78 is 14.6. The lowest BCUT2D eigenvalue weighted by Crippen LogP contribution is -2.29. The summed E-state index contributed by atoms with van der Waals surface area (Å²) in [6.07, 6.45) is 8.92. The maximum absolute atomic E-state index is 14.6. The summed E-state index contributed by atoms with van der Waals surface area (Å²) in [6, 6.07) is 4.62. The van der Waals surface area contributed by atoms with E-state index in [4.69, 9.17) is 0 Å². The first kappa shape index (κ1) is 15.0.